The molecule has 0 atom stereocenters. The van der Waals surface area contributed by atoms with E-state index in [0.29, 0.717) is 5.75 Å². The van der Waals surface area contributed by atoms with Gasteiger partial charge in [-0.1, -0.05) is 17.7 Å². The van der Waals surface area contributed by atoms with Gasteiger partial charge in [-0.05, 0) is 73.2 Å². The zero-order valence-corrected chi connectivity index (χ0v) is 25.0. The second-order valence-corrected chi connectivity index (χ2v) is 11.6. The van der Waals surface area contributed by atoms with Crippen LogP contribution in [0.3, 0.4) is 0 Å². The number of aromatic nitrogens is 1. The van der Waals surface area contributed by atoms with Crippen molar-refractivity contribution in [2.75, 3.05) is 21.2 Å². The maximum atomic E-state index is 14.7. The van der Waals surface area contributed by atoms with Crippen LogP contribution in [0.2, 0.25) is 5.02 Å². The van der Waals surface area contributed by atoms with E-state index in [-0.39, 0.29) is 50.2 Å². The maximum Gasteiger partial charge on any atom is 0.269 e. The number of hydrogen-bond acceptors (Lipinski definition) is 5. The number of carbonyl (C=O) groups is 2. The van der Waals surface area contributed by atoms with Gasteiger partial charge in [-0.2, -0.15) is 0 Å². The highest BCUT2D eigenvalue weighted by Gasteiger charge is 2.33. The van der Waals surface area contributed by atoms with Crippen molar-refractivity contribution in [1.82, 2.24) is 20.5 Å². The van der Waals surface area contributed by atoms with Crippen molar-refractivity contribution < 1.29 is 23.1 Å². The van der Waals surface area contributed by atoms with Gasteiger partial charge in [0.15, 0.2) is 0 Å². The molecule has 4 aromatic rings. The minimum absolute atomic E-state index is 0.0148. The number of hydrogen-bond donors (Lipinski definition) is 1. The summed E-state index contributed by atoms with van der Waals surface area (Å²) < 4.78 is 35.0. The monoisotopic (exact) mass is 611 g/mol. The zero-order valence-electron chi connectivity index (χ0n) is 23.4. The highest BCUT2D eigenvalue weighted by molar-refractivity contribution is 7.21. The highest BCUT2D eigenvalue weighted by Crippen LogP contribution is 2.40. The minimum Gasteiger partial charge on any atom is -0.496 e. The van der Waals surface area contributed by atoms with E-state index in [1.165, 1.54) is 0 Å². The summed E-state index contributed by atoms with van der Waals surface area (Å²) in [5.74, 6) is -1.42. The Hall–Kier alpha value is -3.60. The van der Waals surface area contributed by atoms with Crippen molar-refractivity contribution in [3.8, 4) is 16.9 Å². The topological polar surface area (TPSA) is 85.6 Å². The highest BCUT2D eigenvalue weighted by atomic mass is 35.5. The summed E-state index contributed by atoms with van der Waals surface area (Å²) in [5.41, 5.74) is 2.59. The second-order valence-electron chi connectivity index (χ2n) is 10.2. The normalized spacial score (nSPS) is 16.8. The summed E-state index contributed by atoms with van der Waals surface area (Å²) in [6.07, 6.45) is 4.66. The number of carbonyl (C=O) groups excluding carboxylic acids is 2. The average Bonchev–Trinajstić information content (AvgIpc) is 3.39. The minimum atomic E-state index is -0.675. The van der Waals surface area contributed by atoms with E-state index in [4.69, 9.17) is 16.3 Å². The first-order valence-corrected chi connectivity index (χ1v) is 14.8. The molecule has 42 heavy (non-hydrogen) atoms. The molecule has 1 radical (unpaired) electrons. The molecule has 2 aromatic heterocycles. The van der Waals surface area contributed by atoms with Crippen LogP contribution in [0.5, 0.6) is 5.75 Å². The number of halogens is 3. The first kappa shape index (κ1) is 29.9. The van der Waals surface area contributed by atoms with E-state index >= 15 is 0 Å². The van der Waals surface area contributed by atoms with Gasteiger partial charge in [0.2, 0.25) is 0 Å². The number of pyridine rings is 1. The molecule has 2 aromatic carbocycles. The molecule has 219 valence electrons. The Morgan fingerprint density at radius 1 is 1.10 bits per heavy atom. The summed E-state index contributed by atoms with van der Waals surface area (Å²) in [4.78, 5) is 32.4. The van der Waals surface area contributed by atoms with Crippen LogP contribution < -0.4 is 15.4 Å². The summed E-state index contributed by atoms with van der Waals surface area (Å²) in [5, 5.41) is 6.84. The van der Waals surface area contributed by atoms with Gasteiger partial charge in [-0.15, -0.1) is 11.3 Å². The van der Waals surface area contributed by atoms with Gasteiger partial charge in [-0.3, -0.25) is 14.6 Å². The Morgan fingerprint density at radius 3 is 2.48 bits per heavy atom. The maximum absolute atomic E-state index is 14.7. The van der Waals surface area contributed by atoms with Crippen LogP contribution in [0.4, 0.5) is 8.78 Å². The van der Waals surface area contributed by atoms with Crippen molar-refractivity contribution in [1.29, 1.82) is 0 Å². The molecule has 5 rings (SSSR count). The van der Waals surface area contributed by atoms with Gasteiger partial charge >= 0.3 is 0 Å². The summed E-state index contributed by atoms with van der Waals surface area (Å²) in [7, 11) is 4.91. The molecule has 0 bridgehead atoms. The number of ether oxygens (including phenoxy) is 1. The number of thiophene rings is 1. The lowest BCUT2D eigenvalue weighted by Crippen LogP contribution is -2.43. The molecule has 1 aliphatic carbocycles. The van der Waals surface area contributed by atoms with E-state index in [0.717, 1.165) is 65.8 Å². The number of amides is 2. The Kier molecular flexibility index (Phi) is 9.05. The average molecular weight is 612 g/mol. The van der Waals surface area contributed by atoms with Gasteiger partial charge in [0.1, 0.15) is 28.0 Å². The largest absolute Gasteiger partial charge is 0.496 e. The van der Waals surface area contributed by atoms with E-state index in [1.54, 1.807) is 44.4 Å². The van der Waals surface area contributed by atoms with Crippen molar-refractivity contribution in [2.24, 2.45) is 0 Å². The van der Waals surface area contributed by atoms with Crippen LogP contribution in [0.1, 0.15) is 51.4 Å². The second kappa shape index (κ2) is 12.7. The molecule has 1 N–H and O–H groups in total. The van der Waals surface area contributed by atoms with Gasteiger partial charge in [0.05, 0.1) is 22.2 Å². The number of nitrogens with one attached hydrogen (secondary N) is 1. The van der Waals surface area contributed by atoms with Gasteiger partial charge in [0.25, 0.3) is 11.8 Å². The third kappa shape index (κ3) is 5.84. The fourth-order valence-electron chi connectivity index (χ4n) is 5.49. The molecular weight excluding hydrogens is 582 g/mol. The van der Waals surface area contributed by atoms with Crippen molar-refractivity contribution in [2.45, 2.75) is 44.3 Å². The molecule has 0 aliphatic heterocycles. The Labute approximate surface area is 251 Å². The lowest BCUT2D eigenvalue weighted by molar-refractivity contribution is 0.0604. The van der Waals surface area contributed by atoms with Crippen LogP contribution in [-0.2, 0) is 6.54 Å². The van der Waals surface area contributed by atoms with Crippen LogP contribution >= 0.6 is 22.9 Å². The van der Waals surface area contributed by atoms with Crippen LogP contribution in [0.25, 0.3) is 21.2 Å². The third-order valence-corrected chi connectivity index (χ3v) is 9.46. The first-order chi connectivity index (χ1) is 20.2. The van der Waals surface area contributed by atoms with E-state index in [1.807, 2.05) is 18.2 Å². The fourth-order valence-corrected chi connectivity index (χ4v) is 6.99. The molecule has 2 heterocycles. The van der Waals surface area contributed by atoms with Crippen molar-refractivity contribution in [3.05, 3.63) is 81.5 Å². The summed E-state index contributed by atoms with van der Waals surface area (Å²) in [6.45, 7) is 0.178. The molecule has 0 unspecified atom stereocenters. The third-order valence-electron chi connectivity index (χ3n) is 7.78. The quantitative estimate of drug-likeness (QED) is 0.248. The molecule has 11 heteroatoms. The Morgan fingerprint density at radius 2 is 1.81 bits per heavy atom. The zero-order chi connectivity index (χ0) is 30.0. The molecular formula is C31H30ClF2N4O3S. The Balaban J connectivity index is 1.56. The smallest absolute Gasteiger partial charge is 0.269 e. The van der Waals surface area contributed by atoms with Crippen molar-refractivity contribution >= 4 is 44.8 Å². The number of nitrogens with zero attached hydrogens (tertiary/aromatic N) is 3. The molecule has 2 amide bonds. The summed E-state index contributed by atoms with van der Waals surface area (Å²) >= 11 is 7.42. The first-order valence-electron chi connectivity index (χ1n) is 13.6. The van der Waals surface area contributed by atoms with Crippen LogP contribution in [0.15, 0.2) is 48.7 Å². The SMILES string of the molecule is C[N]C1CCC(N(Cc2cc(-c3ccnc(C(=O)NC)c3)ccc2OC)C(=O)c2sc3c(F)ccc(F)c3c2Cl)CC1. The lowest BCUT2D eigenvalue weighted by Gasteiger charge is -2.37. The number of fused-ring (bicyclic) bond motifs is 1. The van der Waals surface area contributed by atoms with Crippen LogP contribution in [0, 0.1) is 11.6 Å². The molecule has 1 fully saturated rings. The van der Waals surface area contributed by atoms with E-state index < -0.39 is 17.5 Å². The van der Waals surface area contributed by atoms with Crippen molar-refractivity contribution in [3.63, 3.8) is 0 Å². The molecule has 1 saturated carbocycles. The fraction of sp³-hybridized carbons (Fsp3) is 0.323. The molecule has 0 saturated heterocycles. The lowest BCUT2D eigenvalue weighted by atomic mass is 9.89. The standard InChI is InChI=1S/C31H30ClF2N4O3S/c1-35-20-5-7-21(8-6-20)38(31(40)29-27(32)26-22(33)9-10-23(34)28(26)42-29)16-19-14-17(4-11-25(19)41-3)18-12-13-37-24(15-18)30(39)36-2/h4,9-15,20-21H,5-8,16H2,1-3H3,(H,36,39). The summed E-state index contributed by atoms with van der Waals surface area (Å²) in [6, 6.07) is 11.3. The molecule has 7 nitrogen and oxygen atoms in total. The Bertz CT molecular complexity index is 1640. The predicted octanol–water partition coefficient (Wildman–Crippen LogP) is 6.45. The predicted molar refractivity (Wildman–Crippen MR) is 160 cm³/mol. The molecule has 0 spiro atoms. The van der Waals surface area contributed by atoms with E-state index in [9.17, 15) is 18.4 Å². The van der Waals surface area contributed by atoms with Gasteiger partial charge < -0.3 is 15.0 Å². The number of rotatable bonds is 8. The van der Waals surface area contributed by atoms with Gasteiger partial charge in [0, 0.05) is 44.5 Å². The number of methoxy groups -OCH3 is 1. The number of benzene rings is 2. The van der Waals surface area contributed by atoms with Gasteiger partial charge in [-0.25, -0.2) is 14.1 Å². The van der Waals surface area contributed by atoms with Crippen LogP contribution in [-0.4, -0.2) is 55.0 Å². The van der Waals surface area contributed by atoms with E-state index in [2.05, 4.69) is 15.6 Å². The molecule has 1 aliphatic rings.